The predicted molar refractivity (Wildman–Crippen MR) is 72.5 cm³/mol. The van der Waals surface area contributed by atoms with E-state index in [4.69, 9.17) is 5.26 Å². The first-order valence-electron chi connectivity index (χ1n) is 6.51. The average Bonchev–Trinajstić information content (AvgIpc) is 2.46. The lowest BCUT2D eigenvalue weighted by molar-refractivity contribution is 0.351. The van der Waals surface area contributed by atoms with Gasteiger partial charge in [0.05, 0.1) is 5.69 Å². The Morgan fingerprint density at radius 2 is 2.11 bits per heavy atom. The summed E-state index contributed by atoms with van der Waals surface area (Å²) in [5.41, 5.74) is 1.48. The van der Waals surface area contributed by atoms with E-state index in [1.54, 1.807) is 6.20 Å². The Morgan fingerprint density at radius 3 is 2.72 bits per heavy atom. The lowest BCUT2D eigenvalue weighted by atomic mass is 9.90. The van der Waals surface area contributed by atoms with E-state index >= 15 is 0 Å². The van der Waals surface area contributed by atoms with Crippen molar-refractivity contribution in [3.05, 3.63) is 24.0 Å². The van der Waals surface area contributed by atoms with Crippen LogP contribution in [-0.2, 0) is 0 Å². The Kier molecular flexibility index (Phi) is 4.16. The number of hydrogen-bond acceptors (Lipinski definition) is 4. The van der Waals surface area contributed by atoms with Crippen LogP contribution in [0, 0.1) is 11.3 Å². The number of pyridine rings is 1. The summed E-state index contributed by atoms with van der Waals surface area (Å²) in [5, 5.41) is 12.4. The second kappa shape index (κ2) is 5.83. The molecule has 1 aromatic heterocycles. The van der Waals surface area contributed by atoms with Gasteiger partial charge < -0.3 is 10.2 Å². The Bertz CT molecular complexity index is 430. The van der Waals surface area contributed by atoms with Gasteiger partial charge in [-0.2, -0.15) is 5.26 Å². The number of rotatable bonds is 3. The van der Waals surface area contributed by atoms with Gasteiger partial charge in [-0.15, -0.1) is 0 Å². The first kappa shape index (κ1) is 12.8. The molecular formula is C14H20N4. The van der Waals surface area contributed by atoms with E-state index in [9.17, 15) is 0 Å². The fourth-order valence-corrected chi connectivity index (χ4v) is 2.72. The second-order valence-electron chi connectivity index (χ2n) is 4.89. The molecule has 0 atom stereocenters. The topological polar surface area (TPSA) is 52.0 Å². The van der Waals surface area contributed by atoms with Gasteiger partial charge in [-0.25, -0.2) is 4.98 Å². The van der Waals surface area contributed by atoms with Crippen LogP contribution in [0.1, 0.15) is 31.4 Å². The molecule has 1 aromatic rings. The zero-order valence-electron chi connectivity index (χ0n) is 11.1. The van der Waals surface area contributed by atoms with Crippen LogP contribution >= 0.6 is 0 Å². The van der Waals surface area contributed by atoms with E-state index < -0.39 is 0 Å². The third kappa shape index (κ3) is 2.62. The van der Waals surface area contributed by atoms with Crippen molar-refractivity contribution in [2.75, 3.05) is 19.0 Å². The van der Waals surface area contributed by atoms with Crippen molar-refractivity contribution in [3.8, 4) is 6.07 Å². The van der Waals surface area contributed by atoms with E-state index in [1.807, 2.05) is 19.2 Å². The molecule has 0 aromatic carbocycles. The third-order valence-corrected chi connectivity index (χ3v) is 3.92. The van der Waals surface area contributed by atoms with Crippen LogP contribution in [0.5, 0.6) is 0 Å². The Balaban J connectivity index is 2.08. The van der Waals surface area contributed by atoms with Crippen molar-refractivity contribution >= 4 is 5.69 Å². The SMILES string of the molecule is CNC1CCC(N(C)c2cccnc2C#N)CC1. The zero-order chi connectivity index (χ0) is 13.0. The van der Waals surface area contributed by atoms with Crippen LogP contribution in [0.2, 0.25) is 0 Å². The van der Waals surface area contributed by atoms with Gasteiger partial charge >= 0.3 is 0 Å². The summed E-state index contributed by atoms with van der Waals surface area (Å²) in [6, 6.07) is 7.22. The predicted octanol–water partition coefficient (Wildman–Crippen LogP) is 1.92. The molecule has 1 aliphatic carbocycles. The molecule has 1 fully saturated rings. The minimum absolute atomic E-state index is 0.519. The number of nitriles is 1. The van der Waals surface area contributed by atoms with Crippen LogP contribution in [0.4, 0.5) is 5.69 Å². The molecule has 1 N–H and O–H groups in total. The summed E-state index contributed by atoms with van der Waals surface area (Å²) < 4.78 is 0. The summed E-state index contributed by atoms with van der Waals surface area (Å²) >= 11 is 0. The molecule has 4 nitrogen and oxygen atoms in total. The molecule has 0 unspecified atom stereocenters. The van der Waals surface area contributed by atoms with E-state index in [0.29, 0.717) is 17.8 Å². The highest BCUT2D eigenvalue weighted by molar-refractivity contribution is 5.55. The van der Waals surface area contributed by atoms with E-state index in [-0.39, 0.29) is 0 Å². The number of hydrogen-bond donors (Lipinski definition) is 1. The quantitative estimate of drug-likeness (QED) is 0.882. The van der Waals surface area contributed by atoms with Gasteiger partial charge in [0.2, 0.25) is 0 Å². The summed E-state index contributed by atoms with van der Waals surface area (Å²) in [4.78, 5) is 6.35. The second-order valence-corrected chi connectivity index (χ2v) is 4.89. The minimum Gasteiger partial charge on any atom is -0.369 e. The largest absolute Gasteiger partial charge is 0.369 e. The van der Waals surface area contributed by atoms with Gasteiger partial charge in [-0.3, -0.25) is 0 Å². The molecule has 18 heavy (non-hydrogen) atoms. The standard InChI is InChI=1S/C14H20N4/c1-16-11-5-7-12(8-6-11)18(2)14-4-3-9-17-13(14)10-15/h3-4,9,11-12,16H,5-8H2,1-2H3. The van der Waals surface area contributed by atoms with Gasteiger partial charge in [0.25, 0.3) is 0 Å². The van der Waals surface area contributed by atoms with Crippen LogP contribution < -0.4 is 10.2 Å². The van der Waals surface area contributed by atoms with Crippen molar-refractivity contribution in [2.45, 2.75) is 37.8 Å². The molecule has 4 heteroatoms. The van der Waals surface area contributed by atoms with Gasteiger partial charge in [-0.1, -0.05) is 0 Å². The maximum absolute atomic E-state index is 9.10. The number of nitrogens with one attached hydrogen (secondary N) is 1. The van der Waals surface area contributed by atoms with E-state index in [0.717, 1.165) is 5.69 Å². The summed E-state index contributed by atoms with van der Waals surface area (Å²) in [6.07, 6.45) is 6.42. The molecule has 96 valence electrons. The van der Waals surface area contributed by atoms with Crippen molar-refractivity contribution in [2.24, 2.45) is 0 Å². The molecular weight excluding hydrogens is 224 g/mol. The average molecular weight is 244 g/mol. The molecule has 1 heterocycles. The summed E-state index contributed by atoms with van der Waals surface area (Å²) in [7, 11) is 4.10. The number of anilines is 1. The molecule has 0 aliphatic heterocycles. The van der Waals surface area contributed by atoms with E-state index in [1.165, 1.54) is 25.7 Å². The Labute approximate surface area is 109 Å². The highest BCUT2D eigenvalue weighted by Crippen LogP contribution is 2.27. The normalized spacial score (nSPS) is 23.4. The third-order valence-electron chi connectivity index (χ3n) is 3.92. The van der Waals surface area contributed by atoms with Crippen LogP contribution in [-0.4, -0.2) is 31.2 Å². The summed E-state index contributed by atoms with van der Waals surface area (Å²) in [6.45, 7) is 0. The Hall–Kier alpha value is -1.60. The monoisotopic (exact) mass is 244 g/mol. The lowest BCUT2D eigenvalue weighted by Gasteiger charge is -2.36. The van der Waals surface area contributed by atoms with Crippen LogP contribution in [0.3, 0.4) is 0 Å². The first-order valence-corrected chi connectivity index (χ1v) is 6.51. The van der Waals surface area contributed by atoms with Crippen molar-refractivity contribution in [1.82, 2.24) is 10.3 Å². The van der Waals surface area contributed by atoms with Gasteiger partial charge in [-0.05, 0) is 44.9 Å². The van der Waals surface area contributed by atoms with E-state index in [2.05, 4.69) is 28.3 Å². The maximum Gasteiger partial charge on any atom is 0.163 e. The van der Waals surface area contributed by atoms with Crippen LogP contribution in [0.15, 0.2) is 18.3 Å². The zero-order valence-corrected chi connectivity index (χ0v) is 11.1. The molecule has 0 bridgehead atoms. The highest BCUT2D eigenvalue weighted by Gasteiger charge is 2.24. The maximum atomic E-state index is 9.10. The molecule has 0 amide bonds. The lowest BCUT2D eigenvalue weighted by Crippen LogP contribution is -2.40. The van der Waals surface area contributed by atoms with Gasteiger partial charge in [0.1, 0.15) is 6.07 Å². The fourth-order valence-electron chi connectivity index (χ4n) is 2.72. The van der Waals surface area contributed by atoms with Crippen molar-refractivity contribution < 1.29 is 0 Å². The highest BCUT2D eigenvalue weighted by atomic mass is 15.1. The molecule has 1 aliphatic rings. The fraction of sp³-hybridized carbons (Fsp3) is 0.571. The van der Waals surface area contributed by atoms with Gasteiger partial charge in [0, 0.05) is 25.3 Å². The van der Waals surface area contributed by atoms with Crippen molar-refractivity contribution in [1.29, 1.82) is 5.26 Å². The minimum atomic E-state index is 0.519. The van der Waals surface area contributed by atoms with Crippen LogP contribution in [0.25, 0.3) is 0 Å². The first-order chi connectivity index (χ1) is 8.76. The number of nitrogens with zero attached hydrogens (tertiary/aromatic N) is 3. The smallest absolute Gasteiger partial charge is 0.163 e. The molecule has 0 saturated heterocycles. The molecule has 2 rings (SSSR count). The number of aromatic nitrogens is 1. The molecule has 0 radical (unpaired) electrons. The molecule has 1 saturated carbocycles. The van der Waals surface area contributed by atoms with Crippen molar-refractivity contribution in [3.63, 3.8) is 0 Å². The molecule has 0 spiro atoms. The Morgan fingerprint density at radius 1 is 1.39 bits per heavy atom. The van der Waals surface area contributed by atoms with Gasteiger partial charge in [0.15, 0.2) is 5.69 Å². The summed E-state index contributed by atoms with van der Waals surface area (Å²) in [5.74, 6) is 0.